The third-order valence-corrected chi connectivity index (χ3v) is 6.44. The minimum absolute atomic E-state index is 0.0897. The summed E-state index contributed by atoms with van der Waals surface area (Å²) in [7, 11) is -3.32. The highest BCUT2D eigenvalue weighted by molar-refractivity contribution is 7.90. The van der Waals surface area contributed by atoms with Crippen LogP contribution in [0.1, 0.15) is 43.5 Å². The summed E-state index contributed by atoms with van der Waals surface area (Å²) in [5.41, 5.74) is 1.81. The second-order valence-electron chi connectivity index (χ2n) is 9.46. The molecule has 8 heteroatoms. The van der Waals surface area contributed by atoms with E-state index in [9.17, 15) is 18.5 Å². The van der Waals surface area contributed by atoms with Crippen LogP contribution in [0.15, 0.2) is 54.6 Å². The van der Waals surface area contributed by atoms with Gasteiger partial charge in [0.15, 0.2) is 0 Å². The molecule has 0 aliphatic carbocycles. The zero-order valence-electron chi connectivity index (χ0n) is 19.6. The molecule has 1 fully saturated rings. The van der Waals surface area contributed by atoms with Crippen molar-refractivity contribution in [3.8, 4) is 6.07 Å². The van der Waals surface area contributed by atoms with E-state index in [2.05, 4.69) is 11.0 Å². The summed E-state index contributed by atoms with van der Waals surface area (Å²) >= 11 is 0. The summed E-state index contributed by atoms with van der Waals surface area (Å²) < 4.78 is 30.2. The molecule has 33 heavy (non-hydrogen) atoms. The largest absolute Gasteiger partial charge is 0.444 e. The molecule has 3 rings (SSSR count). The number of nitrogens with zero attached hydrogens (tertiary/aromatic N) is 3. The number of hydrogen-bond acceptors (Lipinski definition) is 6. The molecule has 0 radical (unpaired) electrons. The molecule has 0 bridgehead atoms. The maximum atomic E-state index is 12.7. The Kier molecular flexibility index (Phi) is 7.45. The van der Waals surface area contributed by atoms with Crippen LogP contribution < -0.4 is 0 Å². The van der Waals surface area contributed by atoms with Crippen LogP contribution in [0.3, 0.4) is 0 Å². The molecule has 1 aliphatic rings. The van der Waals surface area contributed by atoms with E-state index in [1.807, 2.05) is 69.3 Å². The van der Waals surface area contributed by atoms with E-state index in [-0.39, 0.29) is 18.3 Å². The van der Waals surface area contributed by atoms with Gasteiger partial charge in [0.1, 0.15) is 15.4 Å². The smallest absolute Gasteiger partial charge is 0.410 e. The van der Waals surface area contributed by atoms with Crippen LogP contribution in [0.25, 0.3) is 0 Å². The van der Waals surface area contributed by atoms with Crippen LogP contribution in [0.5, 0.6) is 0 Å². The summed E-state index contributed by atoms with van der Waals surface area (Å²) in [5.74, 6) is -0.0897. The Hall–Kier alpha value is -2.89. The van der Waals surface area contributed by atoms with Gasteiger partial charge in [0.05, 0.1) is 23.4 Å². The number of carbonyl (C=O) groups is 1. The maximum absolute atomic E-state index is 12.7. The fourth-order valence-electron chi connectivity index (χ4n) is 4.19. The minimum atomic E-state index is -3.32. The van der Waals surface area contributed by atoms with Crippen LogP contribution in [0, 0.1) is 11.3 Å². The number of ether oxygens (including phenoxy) is 1. The topological polar surface area (TPSA) is 90.7 Å². The van der Waals surface area contributed by atoms with Crippen molar-refractivity contribution in [2.24, 2.45) is 0 Å². The Labute approximate surface area is 196 Å². The molecular weight excluding hydrogens is 438 g/mol. The van der Waals surface area contributed by atoms with Gasteiger partial charge in [0.25, 0.3) is 0 Å². The lowest BCUT2D eigenvalue weighted by Gasteiger charge is -2.45. The van der Waals surface area contributed by atoms with Gasteiger partial charge in [0, 0.05) is 31.9 Å². The first-order valence-corrected chi connectivity index (χ1v) is 13.0. The average molecular weight is 470 g/mol. The Bertz CT molecular complexity index is 1120. The molecule has 1 unspecified atom stereocenters. The molecule has 1 heterocycles. The van der Waals surface area contributed by atoms with Crippen molar-refractivity contribution >= 4 is 15.9 Å². The van der Waals surface area contributed by atoms with Gasteiger partial charge in [-0.1, -0.05) is 42.5 Å². The van der Waals surface area contributed by atoms with Gasteiger partial charge >= 0.3 is 6.09 Å². The van der Waals surface area contributed by atoms with Gasteiger partial charge in [-0.2, -0.15) is 5.26 Å². The molecule has 0 N–H and O–H groups in total. The van der Waals surface area contributed by atoms with E-state index >= 15 is 0 Å². The van der Waals surface area contributed by atoms with Crippen LogP contribution in [-0.4, -0.2) is 67.6 Å². The highest BCUT2D eigenvalue weighted by Gasteiger charge is 2.38. The van der Waals surface area contributed by atoms with Crippen LogP contribution >= 0.6 is 0 Å². The molecule has 0 spiro atoms. The number of nitriles is 1. The number of hydrogen-bond donors (Lipinski definition) is 0. The van der Waals surface area contributed by atoms with Gasteiger partial charge in [-0.05, 0) is 44.0 Å². The van der Waals surface area contributed by atoms with Crippen LogP contribution in [0.2, 0.25) is 0 Å². The van der Waals surface area contributed by atoms with E-state index in [0.717, 1.165) is 11.1 Å². The number of carbonyl (C=O) groups excluding carboxylic acids is 1. The summed E-state index contributed by atoms with van der Waals surface area (Å²) in [6, 6.07) is 18.7. The highest BCUT2D eigenvalue weighted by Crippen LogP contribution is 2.33. The SMILES string of the molecule is CC(C)(C)OC(=O)N1CCN(C(c2ccccc2)c2cccc(C#N)c2)[C@H](CS(C)(=O)=O)C1. The Morgan fingerprint density at radius 2 is 1.79 bits per heavy atom. The molecule has 176 valence electrons. The van der Waals surface area contributed by atoms with E-state index in [1.54, 1.807) is 11.0 Å². The van der Waals surface area contributed by atoms with Gasteiger partial charge < -0.3 is 9.64 Å². The van der Waals surface area contributed by atoms with E-state index in [4.69, 9.17) is 4.74 Å². The second kappa shape index (κ2) is 9.94. The van der Waals surface area contributed by atoms with Crippen molar-refractivity contribution < 1.29 is 17.9 Å². The van der Waals surface area contributed by atoms with Crippen molar-refractivity contribution in [1.82, 2.24) is 9.80 Å². The number of amides is 1. The normalized spacial score (nSPS) is 18.4. The summed E-state index contributed by atoms with van der Waals surface area (Å²) in [4.78, 5) is 16.4. The van der Waals surface area contributed by atoms with Gasteiger partial charge in [-0.15, -0.1) is 0 Å². The Morgan fingerprint density at radius 1 is 1.12 bits per heavy atom. The van der Waals surface area contributed by atoms with E-state index in [1.165, 1.54) is 6.26 Å². The molecule has 0 saturated carbocycles. The molecule has 7 nitrogen and oxygen atoms in total. The molecular formula is C25H31N3O4S. The van der Waals surface area contributed by atoms with Gasteiger partial charge in [0.2, 0.25) is 0 Å². The fraction of sp³-hybridized carbons (Fsp3) is 0.440. The number of rotatable bonds is 5. The highest BCUT2D eigenvalue weighted by atomic mass is 32.2. The van der Waals surface area contributed by atoms with Crippen LogP contribution in [0.4, 0.5) is 4.79 Å². The quantitative estimate of drug-likeness (QED) is 0.664. The second-order valence-corrected chi connectivity index (χ2v) is 11.6. The third-order valence-electron chi connectivity index (χ3n) is 5.45. The zero-order chi connectivity index (χ0) is 24.2. The molecule has 2 aromatic carbocycles. The lowest BCUT2D eigenvalue weighted by atomic mass is 9.93. The minimum Gasteiger partial charge on any atom is -0.444 e. The monoisotopic (exact) mass is 469 g/mol. The molecule has 0 aromatic heterocycles. The Morgan fingerprint density at radius 3 is 2.39 bits per heavy atom. The van der Waals surface area contributed by atoms with Crippen molar-refractivity contribution in [1.29, 1.82) is 5.26 Å². The summed E-state index contributed by atoms with van der Waals surface area (Å²) in [5, 5.41) is 9.42. The van der Waals surface area contributed by atoms with Crippen molar-refractivity contribution in [2.45, 2.75) is 38.5 Å². The average Bonchev–Trinajstić information content (AvgIpc) is 2.73. The predicted octanol–water partition coefficient (Wildman–Crippen LogP) is 3.61. The number of benzene rings is 2. The third kappa shape index (κ3) is 6.80. The Balaban J connectivity index is 2.00. The molecule has 2 atom stereocenters. The zero-order valence-corrected chi connectivity index (χ0v) is 20.4. The molecule has 1 saturated heterocycles. The van der Waals surface area contributed by atoms with E-state index < -0.39 is 27.6 Å². The first-order chi connectivity index (χ1) is 15.5. The molecule has 2 aromatic rings. The lowest BCUT2D eigenvalue weighted by molar-refractivity contribution is 0.00139. The predicted molar refractivity (Wildman–Crippen MR) is 127 cm³/mol. The number of piperazine rings is 1. The van der Waals surface area contributed by atoms with Crippen molar-refractivity contribution in [3.63, 3.8) is 0 Å². The fourth-order valence-corrected chi connectivity index (χ4v) is 5.18. The summed E-state index contributed by atoms with van der Waals surface area (Å²) in [6.07, 6.45) is 0.772. The number of sulfone groups is 1. The first kappa shape index (κ1) is 24.7. The van der Waals surface area contributed by atoms with Gasteiger partial charge in [-0.3, -0.25) is 4.90 Å². The standard InChI is InChI=1S/C25H31N3O4S/c1-25(2,3)32-24(29)27-13-14-28(22(17-27)18-33(4,30)31)23(20-10-6-5-7-11-20)21-12-8-9-19(15-21)16-26/h5-12,15,22-23H,13-14,17-18H2,1-4H3/t22-,23?/m0/s1. The lowest BCUT2D eigenvalue weighted by Crippen LogP contribution is -2.58. The summed E-state index contributed by atoms with van der Waals surface area (Å²) in [6.45, 7) is 6.55. The molecule has 1 aliphatic heterocycles. The first-order valence-electron chi connectivity index (χ1n) is 10.9. The van der Waals surface area contributed by atoms with Crippen LogP contribution in [-0.2, 0) is 14.6 Å². The van der Waals surface area contributed by atoms with Crippen molar-refractivity contribution in [2.75, 3.05) is 31.6 Å². The van der Waals surface area contributed by atoms with Gasteiger partial charge in [-0.25, -0.2) is 13.2 Å². The van der Waals surface area contributed by atoms with Crippen molar-refractivity contribution in [3.05, 3.63) is 71.3 Å². The maximum Gasteiger partial charge on any atom is 0.410 e. The molecule has 1 amide bonds. The van der Waals surface area contributed by atoms with E-state index in [0.29, 0.717) is 18.7 Å².